The smallest absolute Gasteiger partial charge is 0.306 e. The summed E-state index contributed by atoms with van der Waals surface area (Å²) in [5.41, 5.74) is 2.37. The number of carbonyl (C=O) groups excluding carboxylic acids is 1. The number of hydrogen-bond donors (Lipinski definition) is 0. The van der Waals surface area contributed by atoms with Crippen LogP contribution in [0.25, 0.3) is 0 Å². The summed E-state index contributed by atoms with van der Waals surface area (Å²) in [6.07, 6.45) is 5.00. The first kappa shape index (κ1) is 16.5. The lowest BCUT2D eigenvalue weighted by molar-refractivity contribution is -0.145. The summed E-state index contributed by atoms with van der Waals surface area (Å²) in [7, 11) is 0. The van der Waals surface area contributed by atoms with E-state index in [-0.39, 0.29) is 11.9 Å². The number of pyridine rings is 1. The molecule has 0 N–H and O–H groups in total. The highest BCUT2D eigenvalue weighted by atomic mass is 16.5. The molecular weight excluding hydrogens is 300 g/mol. The minimum absolute atomic E-state index is 0.113. The number of para-hydroxylation sites is 1. The Labute approximate surface area is 143 Å². The molecule has 0 bridgehead atoms. The molecule has 1 fully saturated rings. The number of esters is 1. The zero-order chi connectivity index (χ0) is 16.8. The maximum absolute atomic E-state index is 12.1. The van der Waals surface area contributed by atoms with Crippen molar-refractivity contribution in [2.75, 3.05) is 24.6 Å². The lowest BCUT2D eigenvalue weighted by Gasteiger charge is -2.18. The summed E-state index contributed by atoms with van der Waals surface area (Å²) in [6.45, 7) is 4.55. The molecule has 1 aromatic heterocycles. The number of anilines is 1. The number of carbonyl (C=O) groups is 1. The first-order chi connectivity index (χ1) is 11.7. The molecule has 4 nitrogen and oxygen atoms in total. The molecule has 1 aromatic carbocycles. The molecule has 0 radical (unpaired) electrons. The molecule has 1 saturated heterocycles. The van der Waals surface area contributed by atoms with E-state index in [0.717, 1.165) is 25.1 Å². The summed E-state index contributed by atoms with van der Waals surface area (Å²) in [4.78, 5) is 18.4. The normalized spacial score (nSPS) is 18.4. The van der Waals surface area contributed by atoms with Gasteiger partial charge in [-0.2, -0.15) is 0 Å². The van der Waals surface area contributed by atoms with Crippen molar-refractivity contribution >= 4 is 11.7 Å². The van der Waals surface area contributed by atoms with Gasteiger partial charge in [0.1, 0.15) is 0 Å². The molecule has 4 heteroatoms. The molecule has 1 aliphatic heterocycles. The van der Waals surface area contributed by atoms with Crippen molar-refractivity contribution in [3.8, 4) is 0 Å². The molecular formula is C20H24N2O2. The molecule has 2 heterocycles. The Kier molecular flexibility index (Phi) is 5.47. The molecule has 126 valence electrons. The van der Waals surface area contributed by atoms with Gasteiger partial charge in [-0.05, 0) is 42.2 Å². The van der Waals surface area contributed by atoms with Crippen molar-refractivity contribution in [3.05, 3.63) is 60.4 Å². The maximum Gasteiger partial charge on any atom is 0.306 e. The van der Waals surface area contributed by atoms with Gasteiger partial charge in [0.2, 0.25) is 0 Å². The lowest BCUT2D eigenvalue weighted by Crippen LogP contribution is -2.22. The van der Waals surface area contributed by atoms with Gasteiger partial charge >= 0.3 is 5.97 Å². The highest BCUT2D eigenvalue weighted by Gasteiger charge is 2.24. The van der Waals surface area contributed by atoms with Crippen LogP contribution >= 0.6 is 0 Å². The maximum atomic E-state index is 12.1. The van der Waals surface area contributed by atoms with E-state index in [0.29, 0.717) is 18.9 Å². The number of ether oxygens (including phenoxy) is 1. The number of hydrogen-bond acceptors (Lipinski definition) is 4. The number of nitrogens with zero attached hydrogens (tertiary/aromatic N) is 2. The Bertz CT molecular complexity index is 645. The zero-order valence-corrected chi connectivity index (χ0v) is 14.1. The molecule has 0 spiro atoms. The highest BCUT2D eigenvalue weighted by Crippen LogP contribution is 2.24. The van der Waals surface area contributed by atoms with Crippen LogP contribution in [0.3, 0.4) is 0 Å². The average molecular weight is 324 g/mol. The van der Waals surface area contributed by atoms with Gasteiger partial charge in [0, 0.05) is 37.1 Å². The van der Waals surface area contributed by atoms with Crippen molar-refractivity contribution in [2.24, 2.45) is 5.92 Å². The van der Waals surface area contributed by atoms with Crippen LogP contribution < -0.4 is 4.90 Å². The Morgan fingerprint density at radius 2 is 2.00 bits per heavy atom. The topological polar surface area (TPSA) is 42.4 Å². The SMILES string of the molecule is CC(CC(=O)OCC1CCN(c2ccccc2)C1)c1ccncc1. The van der Waals surface area contributed by atoms with Gasteiger partial charge in [-0.15, -0.1) is 0 Å². The molecule has 2 unspecified atom stereocenters. The van der Waals surface area contributed by atoms with E-state index >= 15 is 0 Å². The number of aromatic nitrogens is 1. The van der Waals surface area contributed by atoms with Gasteiger partial charge in [0.25, 0.3) is 0 Å². The summed E-state index contributed by atoms with van der Waals surface area (Å²) in [5.74, 6) is 0.466. The van der Waals surface area contributed by atoms with Gasteiger partial charge in [0.15, 0.2) is 0 Å². The summed E-state index contributed by atoms with van der Waals surface area (Å²) in [6, 6.07) is 14.3. The largest absolute Gasteiger partial charge is 0.465 e. The minimum atomic E-state index is -0.113. The van der Waals surface area contributed by atoms with Crippen LogP contribution in [0.4, 0.5) is 5.69 Å². The van der Waals surface area contributed by atoms with E-state index < -0.39 is 0 Å². The fourth-order valence-electron chi connectivity index (χ4n) is 3.17. The molecule has 1 aliphatic rings. The third-order valence-electron chi connectivity index (χ3n) is 4.64. The van der Waals surface area contributed by atoms with Crippen molar-refractivity contribution in [1.82, 2.24) is 4.98 Å². The fraction of sp³-hybridized carbons (Fsp3) is 0.400. The van der Waals surface area contributed by atoms with Crippen LogP contribution in [0.15, 0.2) is 54.9 Å². The summed E-state index contributed by atoms with van der Waals surface area (Å²) >= 11 is 0. The number of rotatable bonds is 6. The van der Waals surface area contributed by atoms with Crippen molar-refractivity contribution in [3.63, 3.8) is 0 Å². The molecule has 24 heavy (non-hydrogen) atoms. The number of benzene rings is 1. The predicted octanol–water partition coefficient (Wildman–Crippen LogP) is 3.64. The third kappa shape index (κ3) is 4.34. The highest BCUT2D eigenvalue weighted by molar-refractivity contribution is 5.70. The van der Waals surface area contributed by atoms with E-state index in [1.807, 2.05) is 25.1 Å². The standard InChI is InChI=1S/C20H24N2O2/c1-16(18-7-10-21-11-8-18)13-20(23)24-15-17-9-12-22(14-17)19-5-3-2-4-6-19/h2-8,10-11,16-17H,9,12-15H2,1H3. The Morgan fingerprint density at radius 3 is 2.75 bits per heavy atom. The monoisotopic (exact) mass is 324 g/mol. The first-order valence-electron chi connectivity index (χ1n) is 8.58. The van der Waals surface area contributed by atoms with Crippen LogP contribution in [0, 0.1) is 5.92 Å². The third-order valence-corrected chi connectivity index (χ3v) is 4.64. The quantitative estimate of drug-likeness (QED) is 0.761. The minimum Gasteiger partial charge on any atom is -0.465 e. The molecule has 0 amide bonds. The molecule has 3 rings (SSSR count). The Balaban J connectivity index is 1.42. The fourth-order valence-corrected chi connectivity index (χ4v) is 3.17. The Morgan fingerprint density at radius 1 is 1.25 bits per heavy atom. The lowest BCUT2D eigenvalue weighted by atomic mass is 9.99. The molecule has 2 aromatic rings. The van der Waals surface area contributed by atoms with Gasteiger partial charge in [-0.25, -0.2) is 0 Å². The second-order valence-electron chi connectivity index (χ2n) is 6.50. The predicted molar refractivity (Wildman–Crippen MR) is 95.0 cm³/mol. The van der Waals surface area contributed by atoms with E-state index in [2.05, 4.69) is 34.1 Å². The van der Waals surface area contributed by atoms with Crippen LogP contribution in [0.1, 0.15) is 31.2 Å². The summed E-state index contributed by atoms with van der Waals surface area (Å²) in [5, 5.41) is 0. The molecule has 0 saturated carbocycles. The van der Waals surface area contributed by atoms with Crippen molar-refractivity contribution in [2.45, 2.75) is 25.7 Å². The zero-order valence-electron chi connectivity index (χ0n) is 14.1. The Hall–Kier alpha value is -2.36. The second-order valence-corrected chi connectivity index (χ2v) is 6.50. The van der Waals surface area contributed by atoms with Crippen molar-refractivity contribution in [1.29, 1.82) is 0 Å². The van der Waals surface area contributed by atoms with Crippen LogP contribution in [0.5, 0.6) is 0 Å². The first-order valence-corrected chi connectivity index (χ1v) is 8.58. The van der Waals surface area contributed by atoms with Crippen LogP contribution in [-0.2, 0) is 9.53 Å². The van der Waals surface area contributed by atoms with E-state index in [1.54, 1.807) is 12.4 Å². The van der Waals surface area contributed by atoms with E-state index in [9.17, 15) is 4.79 Å². The van der Waals surface area contributed by atoms with E-state index in [1.165, 1.54) is 5.69 Å². The van der Waals surface area contributed by atoms with E-state index in [4.69, 9.17) is 4.74 Å². The van der Waals surface area contributed by atoms with Crippen LogP contribution in [0.2, 0.25) is 0 Å². The average Bonchev–Trinajstić information content (AvgIpc) is 3.10. The van der Waals surface area contributed by atoms with Crippen molar-refractivity contribution < 1.29 is 9.53 Å². The summed E-state index contributed by atoms with van der Waals surface area (Å²) < 4.78 is 5.52. The molecule has 0 aliphatic carbocycles. The van der Waals surface area contributed by atoms with Gasteiger partial charge in [-0.1, -0.05) is 25.1 Å². The van der Waals surface area contributed by atoms with Gasteiger partial charge < -0.3 is 9.64 Å². The van der Waals surface area contributed by atoms with Crippen LogP contribution in [-0.4, -0.2) is 30.6 Å². The second kappa shape index (κ2) is 7.95. The van der Waals surface area contributed by atoms with Gasteiger partial charge in [-0.3, -0.25) is 9.78 Å². The van der Waals surface area contributed by atoms with Gasteiger partial charge in [0.05, 0.1) is 13.0 Å². The molecule has 2 atom stereocenters.